The maximum absolute atomic E-state index is 9.51. The lowest BCUT2D eigenvalue weighted by Gasteiger charge is -2.52. The van der Waals surface area contributed by atoms with Crippen LogP contribution in [0.3, 0.4) is 0 Å². The fourth-order valence-electron chi connectivity index (χ4n) is 4.70. The van der Waals surface area contributed by atoms with Gasteiger partial charge in [-0.2, -0.15) is 5.26 Å². The van der Waals surface area contributed by atoms with Crippen LogP contribution in [0.4, 0.5) is 0 Å². The first-order valence-electron chi connectivity index (χ1n) is 8.58. The second-order valence-corrected chi connectivity index (χ2v) is 7.41. The lowest BCUT2D eigenvalue weighted by atomic mass is 9.78. The summed E-state index contributed by atoms with van der Waals surface area (Å²) in [4.78, 5) is 5.41. The molecule has 0 N–H and O–H groups in total. The summed E-state index contributed by atoms with van der Waals surface area (Å²) in [7, 11) is 0. The summed E-state index contributed by atoms with van der Waals surface area (Å²) in [6, 6.07) is 4.51. The van der Waals surface area contributed by atoms with Crippen molar-refractivity contribution in [1.82, 2.24) is 9.80 Å². The van der Waals surface area contributed by atoms with E-state index in [2.05, 4.69) is 29.7 Å². The normalized spacial score (nSPS) is 43.8. The molecule has 3 nitrogen and oxygen atoms in total. The van der Waals surface area contributed by atoms with Gasteiger partial charge in [-0.3, -0.25) is 9.80 Å². The number of fused-ring (bicyclic) bond motifs is 1. The van der Waals surface area contributed by atoms with Crippen LogP contribution in [0, 0.1) is 23.2 Å². The first-order chi connectivity index (χ1) is 9.69. The Bertz CT molecular complexity index is 375. The van der Waals surface area contributed by atoms with Crippen molar-refractivity contribution in [1.29, 1.82) is 5.26 Å². The second-order valence-electron chi connectivity index (χ2n) is 7.41. The highest BCUT2D eigenvalue weighted by molar-refractivity contribution is 5.01. The van der Waals surface area contributed by atoms with Gasteiger partial charge >= 0.3 is 0 Å². The van der Waals surface area contributed by atoms with Crippen molar-refractivity contribution in [2.24, 2.45) is 11.8 Å². The molecule has 112 valence electrons. The SMILES string of the molecule is CC1CCC(C#N)C(N2CC3CCCCN3CC2C)C1. The molecule has 5 unspecified atom stereocenters. The zero-order valence-corrected chi connectivity index (χ0v) is 13.1. The van der Waals surface area contributed by atoms with Crippen LogP contribution >= 0.6 is 0 Å². The van der Waals surface area contributed by atoms with Gasteiger partial charge in [0.25, 0.3) is 0 Å². The van der Waals surface area contributed by atoms with Crippen LogP contribution in [-0.2, 0) is 0 Å². The van der Waals surface area contributed by atoms with Gasteiger partial charge in [-0.25, -0.2) is 0 Å². The van der Waals surface area contributed by atoms with Crippen LogP contribution in [-0.4, -0.2) is 47.6 Å². The van der Waals surface area contributed by atoms with E-state index in [1.165, 1.54) is 51.7 Å². The van der Waals surface area contributed by atoms with Crippen LogP contribution in [0.2, 0.25) is 0 Å². The molecule has 3 heteroatoms. The van der Waals surface area contributed by atoms with Gasteiger partial charge in [0.1, 0.15) is 0 Å². The second kappa shape index (κ2) is 6.03. The third kappa shape index (κ3) is 2.73. The van der Waals surface area contributed by atoms with Gasteiger partial charge in [0.2, 0.25) is 0 Å². The topological polar surface area (TPSA) is 30.3 Å². The van der Waals surface area contributed by atoms with Crippen molar-refractivity contribution >= 4 is 0 Å². The fourth-order valence-corrected chi connectivity index (χ4v) is 4.70. The highest BCUT2D eigenvalue weighted by Gasteiger charge is 2.40. The molecule has 0 radical (unpaired) electrons. The minimum absolute atomic E-state index is 0.267. The molecule has 0 aromatic heterocycles. The Morgan fingerprint density at radius 3 is 2.70 bits per heavy atom. The molecule has 3 fully saturated rings. The van der Waals surface area contributed by atoms with Gasteiger partial charge in [0.15, 0.2) is 0 Å². The molecule has 20 heavy (non-hydrogen) atoms. The summed E-state index contributed by atoms with van der Waals surface area (Å²) in [6.45, 7) is 8.46. The Kier molecular flexibility index (Phi) is 4.33. The van der Waals surface area contributed by atoms with Crippen molar-refractivity contribution in [2.45, 2.75) is 70.5 Å². The molecule has 0 aromatic rings. The van der Waals surface area contributed by atoms with Gasteiger partial charge in [0.05, 0.1) is 12.0 Å². The summed E-state index contributed by atoms with van der Waals surface area (Å²) in [6.07, 6.45) is 7.72. The standard InChI is InChI=1S/C17H29N3/c1-13-6-7-15(10-18)17(9-13)20-12-16-5-3-4-8-19(16)11-14(20)2/h13-17H,3-9,11-12H2,1-2H3. The largest absolute Gasteiger partial charge is 0.298 e. The Morgan fingerprint density at radius 2 is 1.90 bits per heavy atom. The molecule has 0 spiro atoms. The van der Waals surface area contributed by atoms with Crippen LogP contribution in [0.25, 0.3) is 0 Å². The number of hydrogen-bond donors (Lipinski definition) is 0. The molecule has 0 bridgehead atoms. The van der Waals surface area contributed by atoms with Gasteiger partial charge in [-0.15, -0.1) is 0 Å². The number of piperidine rings is 1. The number of hydrogen-bond acceptors (Lipinski definition) is 3. The predicted molar refractivity (Wildman–Crippen MR) is 81.3 cm³/mol. The van der Waals surface area contributed by atoms with Crippen LogP contribution in [0.1, 0.15) is 52.4 Å². The molecular formula is C17H29N3. The highest BCUT2D eigenvalue weighted by atomic mass is 15.3. The smallest absolute Gasteiger partial charge is 0.0672 e. The maximum Gasteiger partial charge on any atom is 0.0672 e. The number of nitrogens with zero attached hydrogens (tertiary/aromatic N) is 3. The molecule has 5 atom stereocenters. The van der Waals surface area contributed by atoms with Crippen molar-refractivity contribution in [3.8, 4) is 6.07 Å². The zero-order chi connectivity index (χ0) is 14.1. The van der Waals surface area contributed by atoms with Gasteiger partial charge in [-0.1, -0.05) is 13.3 Å². The van der Waals surface area contributed by atoms with Crippen molar-refractivity contribution in [2.75, 3.05) is 19.6 Å². The summed E-state index contributed by atoms with van der Waals surface area (Å²) < 4.78 is 0. The number of rotatable bonds is 1. The van der Waals surface area contributed by atoms with Gasteiger partial charge < -0.3 is 0 Å². The fraction of sp³-hybridized carbons (Fsp3) is 0.941. The highest BCUT2D eigenvalue weighted by Crippen LogP contribution is 2.35. The third-order valence-electron chi connectivity index (χ3n) is 5.91. The molecule has 1 saturated carbocycles. The Labute approximate surface area is 123 Å². The molecule has 2 saturated heterocycles. The van der Waals surface area contributed by atoms with E-state index >= 15 is 0 Å². The number of nitriles is 1. The first-order valence-corrected chi connectivity index (χ1v) is 8.58. The predicted octanol–water partition coefficient (Wildman–Crippen LogP) is 2.87. The summed E-state index contributed by atoms with van der Waals surface area (Å²) in [5.74, 6) is 1.06. The average molecular weight is 275 g/mol. The molecule has 0 amide bonds. The minimum atomic E-state index is 0.267. The Hall–Kier alpha value is -0.590. The molecule has 2 aliphatic heterocycles. The van der Waals surface area contributed by atoms with E-state index in [0.717, 1.165) is 18.4 Å². The lowest BCUT2D eigenvalue weighted by molar-refractivity contribution is -0.0296. The lowest BCUT2D eigenvalue weighted by Crippen LogP contribution is -2.62. The van der Waals surface area contributed by atoms with Crippen LogP contribution in [0.15, 0.2) is 0 Å². The molecule has 3 rings (SSSR count). The van der Waals surface area contributed by atoms with Gasteiger partial charge in [0, 0.05) is 31.2 Å². The van der Waals surface area contributed by atoms with Crippen molar-refractivity contribution < 1.29 is 0 Å². The van der Waals surface area contributed by atoms with Gasteiger partial charge in [-0.05, 0) is 51.5 Å². The Morgan fingerprint density at radius 1 is 1.05 bits per heavy atom. The van der Waals surface area contributed by atoms with Crippen molar-refractivity contribution in [3.05, 3.63) is 0 Å². The van der Waals surface area contributed by atoms with E-state index in [4.69, 9.17) is 0 Å². The minimum Gasteiger partial charge on any atom is -0.298 e. The molecular weight excluding hydrogens is 246 g/mol. The quantitative estimate of drug-likeness (QED) is 0.737. The summed E-state index contributed by atoms with van der Waals surface area (Å²) >= 11 is 0. The van der Waals surface area contributed by atoms with Crippen molar-refractivity contribution in [3.63, 3.8) is 0 Å². The van der Waals surface area contributed by atoms with Crippen LogP contribution in [0.5, 0.6) is 0 Å². The number of piperazine rings is 1. The van der Waals surface area contributed by atoms with E-state index in [0.29, 0.717) is 12.1 Å². The average Bonchev–Trinajstić information content (AvgIpc) is 2.46. The van der Waals surface area contributed by atoms with E-state index < -0.39 is 0 Å². The molecule has 1 aliphatic carbocycles. The van der Waals surface area contributed by atoms with E-state index in [-0.39, 0.29) is 5.92 Å². The maximum atomic E-state index is 9.51. The van der Waals surface area contributed by atoms with E-state index in [1.807, 2.05) is 0 Å². The van der Waals surface area contributed by atoms with Crippen LogP contribution < -0.4 is 0 Å². The monoisotopic (exact) mass is 275 g/mol. The zero-order valence-electron chi connectivity index (χ0n) is 13.1. The molecule has 3 aliphatic rings. The first kappa shape index (κ1) is 14.4. The summed E-state index contributed by atoms with van der Waals surface area (Å²) in [5, 5.41) is 9.51. The molecule has 2 heterocycles. The third-order valence-corrected chi connectivity index (χ3v) is 5.91. The molecule has 0 aromatic carbocycles. The Balaban J connectivity index is 1.72. The van der Waals surface area contributed by atoms with E-state index in [9.17, 15) is 5.26 Å². The van der Waals surface area contributed by atoms with E-state index in [1.54, 1.807) is 0 Å². The summed E-state index contributed by atoms with van der Waals surface area (Å²) in [5.41, 5.74) is 0.